The van der Waals surface area contributed by atoms with Crippen molar-refractivity contribution >= 4 is 11.7 Å². The fourth-order valence-corrected chi connectivity index (χ4v) is 2.17. The lowest BCUT2D eigenvalue weighted by Gasteiger charge is -2.19. The molecule has 3 heteroatoms. The van der Waals surface area contributed by atoms with Crippen LogP contribution in [-0.2, 0) is 6.42 Å². The van der Waals surface area contributed by atoms with Crippen molar-refractivity contribution in [2.45, 2.75) is 19.3 Å². The van der Waals surface area contributed by atoms with Gasteiger partial charge in [-0.1, -0.05) is 6.07 Å². The van der Waals surface area contributed by atoms with Crippen molar-refractivity contribution < 1.29 is 9.90 Å². The number of hydrogen-bond donors (Lipinski definition) is 1. The minimum absolute atomic E-state index is 0.459. The van der Waals surface area contributed by atoms with Gasteiger partial charge >= 0.3 is 5.97 Å². The second-order valence-corrected chi connectivity index (χ2v) is 3.99. The maximum Gasteiger partial charge on any atom is 0.336 e. The third-order valence-corrected chi connectivity index (χ3v) is 2.96. The van der Waals surface area contributed by atoms with Crippen molar-refractivity contribution in [2.75, 3.05) is 18.5 Å². The Balaban J connectivity index is 2.53. The number of carboxylic acids is 1. The molecule has 3 nitrogen and oxygen atoms in total. The molecule has 0 spiro atoms. The third-order valence-electron chi connectivity index (χ3n) is 2.96. The van der Waals surface area contributed by atoms with Crippen LogP contribution in [0.3, 0.4) is 0 Å². The molecule has 0 bridgehead atoms. The van der Waals surface area contributed by atoms with E-state index in [2.05, 4.69) is 4.90 Å². The minimum atomic E-state index is -0.817. The Labute approximate surface area is 89.3 Å². The van der Waals surface area contributed by atoms with E-state index in [1.807, 2.05) is 19.2 Å². The van der Waals surface area contributed by atoms with Gasteiger partial charge < -0.3 is 10.0 Å². The SMILES string of the molecule is CN1CCCCc2c(C(=O)O)cccc21. The fraction of sp³-hybridized carbons (Fsp3) is 0.417. The highest BCUT2D eigenvalue weighted by molar-refractivity contribution is 5.91. The number of fused-ring (bicyclic) bond motifs is 1. The molecule has 1 aliphatic heterocycles. The van der Waals surface area contributed by atoms with Crippen LogP contribution in [0, 0.1) is 0 Å². The zero-order valence-corrected chi connectivity index (χ0v) is 8.86. The zero-order chi connectivity index (χ0) is 10.8. The van der Waals surface area contributed by atoms with Gasteiger partial charge in [-0.3, -0.25) is 0 Å². The van der Waals surface area contributed by atoms with Crippen molar-refractivity contribution in [3.8, 4) is 0 Å². The number of nitrogens with zero attached hydrogens (tertiary/aromatic N) is 1. The van der Waals surface area contributed by atoms with Gasteiger partial charge in [-0.25, -0.2) is 4.79 Å². The number of carboxylic acid groups (broad SMARTS) is 1. The van der Waals surface area contributed by atoms with Crippen LogP contribution in [0.1, 0.15) is 28.8 Å². The Bertz CT molecular complexity index is 387. The molecule has 0 unspecified atom stereocenters. The second-order valence-electron chi connectivity index (χ2n) is 3.99. The number of carbonyl (C=O) groups is 1. The Morgan fingerprint density at radius 3 is 2.93 bits per heavy atom. The van der Waals surface area contributed by atoms with Gasteiger partial charge in [0.15, 0.2) is 0 Å². The van der Waals surface area contributed by atoms with Gasteiger partial charge in [-0.05, 0) is 37.0 Å². The van der Waals surface area contributed by atoms with Gasteiger partial charge in [-0.15, -0.1) is 0 Å². The van der Waals surface area contributed by atoms with E-state index in [4.69, 9.17) is 5.11 Å². The number of benzene rings is 1. The number of rotatable bonds is 1. The summed E-state index contributed by atoms with van der Waals surface area (Å²) in [6, 6.07) is 5.53. The maximum absolute atomic E-state index is 11.1. The molecule has 0 aliphatic carbocycles. The molecule has 0 fully saturated rings. The van der Waals surface area contributed by atoms with Crippen LogP contribution in [0.4, 0.5) is 5.69 Å². The highest BCUT2D eigenvalue weighted by atomic mass is 16.4. The molecule has 1 N–H and O–H groups in total. The smallest absolute Gasteiger partial charge is 0.336 e. The average Bonchev–Trinajstić information content (AvgIpc) is 2.40. The highest BCUT2D eigenvalue weighted by Crippen LogP contribution is 2.28. The lowest BCUT2D eigenvalue weighted by atomic mass is 10.0. The van der Waals surface area contributed by atoms with Gasteiger partial charge in [0.25, 0.3) is 0 Å². The highest BCUT2D eigenvalue weighted by Gasteiger charge is 2.18. The molecule has 0 saturated heterocycles. The summed E-state index contributed by atoms with van der Waals surface area (Å²) in [4.78, 5) is 13.2. The zero-order valence-electron chi connectivity index (χ0n) is 8.86. The minimum Gasteiger partial charge on any atom is -0.478 e. The van der Waals surface area contributed by atoms with Crippen molar-refractivity contribution in [3.63, 3.8) is 0 Å². The molecule has 1 heterocycles. The molecule has 0 atom stereocenters. The number of hydrogen-bond acceptors (Lipinski definition) is 2. The van der Waals surface area contributed by atoms with E-state index in [9.17, 15) is 4.79 Å². The molecular formula is C12H15NO2. The standard InChI is InChI=1S/C12H15NO2/c1-13-8-3-2-5-9-10(12(14)15)6-4-7-11(9)13/h4,6-7H,2-3,5,8H2,1H3,(H,14,15). The van der Waals surface area contributed by atoms with Crippen molar-refractivity contribution in [1.82, 2.24) is 0 Å². The van der Waals surface area contributed by atoms with Crippen LogP contribution < -0.4 is 4.90 Å². The molecule has 1 aromatic rings. The summed E-state index contributed by atoms with van der Waals surface area (Å²) in [7, 11) is 2.02. The van der Waals surface area contributed by atoms with E-state index in [1.165, 1.54) is 0 Å². The Morgan fingerprint density at radius 2 is 2.20 bits per heavy atom. The van der Waals surface area contributed by atoms with Gasteiger partial charge in [0, 0.05) is 19.3 Å². The summed E-state index contributed by atoms with van der Waals surface area (Å²) in [5.74, 6) is -0.817. The molecule has 2 rings (SSSR count). The van der Waals surface area contributed by atoms with Gasteiger partial charge in [-0.2, -0.15) is 0 Å². The topological polar surface area (TPSA) is 40.5 Å². The summed E-state index contributed by atoms with van der Waals surface area (Å²) >= 11 is 0. The van der Waals surface area contributed by atoms with Gasteiger partial charge in [0.1, 0.15) is 0 Å². The first-order chi connectivity index (χ1) is 7.20. The van der Waals surface area contributed by atoms with Crippen LogP contribution in [0.5, 0.6) is 0 Å². The molecule has 1 aromatic carbocycles. The molecular weight excluding hydrogens is 190 g/mol. The molecule has 0 saturated carbocycles. The summed E-state index contributed by atoms with van der Waals surface area (Å²) < 4.78 is 0. The first kappa shape index (κ1) is 10.0. The molecule has 0 aromatic heterocycles. The van der Waals surface area contributed by atoms with Crippen molar-refractivity contribution in [2.24, 2.45) is 0 Å². The summed E-state index contributed by atoms with van der Waals surface area (Å²) in [5, 5.41) is 9.10. The Kier molecular flexibility index (Phi) is 2.62. The monoisotopic (exact) mass is 205 g/mol. The lowest BCUT2D eigenvalue weighted by molar-refractivity contribution is 0.0695. The van der Waals surface area contributed by atoms with Crippen molar-refractivity contribution in [1.29, 1.82) is 0 Å². The van der Waals surface area contributed by atoms with Gasteiger partial charge in [0.05, 0.1) is 5.56 Å². The van der Waals surface area contributed by atoms with E-state index in [1.54, 1.807) is 6.07 Å². The maximum atomic E-state index is 11.1. The molecule has 15 heavy (non-hydrogen) atoms. The van der Waals surface area contributed by atoms with E-state index < -0.39 is 5.97 Å². The van der Waals surface area contributed by atoms with Crippen molar-refractivity contribution in [3.05, 3.63) is 29.3 Å². The van der Waals surface area contributed by atoms with Crippen LogP contribution in [0.15, 0.2) is 18.2 Å². The molecule has 0 radical (unpaired) electrons. The van der Waals surface area contributed by atoms with Crippen LogP contribution in [-0.4, -0.2) is 24.7 Å². The second kappa shape index (κ2) is 3.93. The first-order valence-electron chi connectivity index (χ1n) is 5.26. The number of aromatic carboxylic acids is 1. The quantitative estimate of drug-likeness (QED) is 0.763. The molecule has 0 amide bonds. The van der Waals surface area contributed by atoms with Crippen LogP contribution >= 0.6 is 0 Å². The molecule has 80 valence electrons. The predicted molar refractivity (Wildman–Crippen MR) is 59.6 cm³/mol. The average molecular weight is 205 g/mol. The Morgan fingerprint density at radius 1 is 1.40 bits per heavy atom. The lowest BCUT2D eigenvalue weighted by Crippen LogP contribution is -2.18. The van der Waals surface area contributed by atoms with Crippen LogP contribution in [0.25, 0.3) is 0 Å². The van der Waals surface area contributed by atoms with Gasteiger partial charge in [0.2, 0.25) is 0 Å². The van der Waals surface area contributed by atoms with E-state index in [0.29, 0.717) is 5.56 Å². The largest absolute Gasteiger partial charge is 0.478 e. The molecule has 1 aliphatic rings. The first-order valence-corrected chi connectivity index (χ1v) is 5.26. The fourth-order valence-electron chi connectivity index (χ4n) is 2.17. The summed E-state index contributed by atoms with van der Waals surface area (Å²) in [6.45, 7) is 1.01. The summed E-state index contributed by atoms with van der Waals surface area (Å²) in [5.41, 5.74) is 2.53. The van der Waals surface area contributed by atoms with E-state index >= 15 is 0 Å². The Hall–Kier alpha value is -1.51. The number of anilines is 1. The summed E-state index contributed by atoms with van der Waals surface area (Å²) in [6.07, 6.45) is 3.08. The predicted octanol–water partition coefficient (Wildman–Crippen LogP) is 2.16. The van der Waals surface area contributed by atoms with E-state index in [-0.39, 0.29) is 0 Å². The third kappa shape index (κ3) is 1.82. The van der Waals surface area contributed by atoms with E-state index in [0.717, 1.165) is 37.1 Å². The normalized spacial score (nSPS) is 15.7. The van der Waals surface area contributed by atoms with Crippen LogP contribution in [0.2, 0.25) is 0 Å².